The Morgan fingerprint density at radius 2 is 1.85 bits per heavy atom. The number of benzene rings is 1. The lowest BCUT2D eigenvalue weighted by atomic mass is 10.1. The largest absolute Gasteiger partial charge is 0.459 e. The van der Waals surface area contributed by atoms with Crippen LogP contribution in [0.3, 0.4) is 0 Å². The predicted molar refractivity (Wildman–Crippen MR) is 103 cm³/mol. The summed E-state index contributed by atoms with van der Waals surface area (Å²) in [5, 5.41) is 10.3. The average molecular weight is 421 g/mol. The number of hydrogen-bond donors (Lipinski definition) is 2. The molecule has 142 valence electrons. The monoisotopic (exact) mass is 419 g/mol. The minimum atomic E-state index is -0.737. The van der Waals surface area contributed by atoms with Gasteiger partial charge in [-0.15, -0.1) is 0 Å². The van der Waals surface area contributed by atoms with Crippen molar-refractivity contribution in [2.24, 2.45) is 5.92 Å². The van der Waals surface area contributed by atoms with Crippen LogP contribution in [0.2, 0.25) is 15.1 Å². The molecule has 0 aliphatic rings. The van der Waals surface area contributed by atoms with Crippen LogP contribution >= 0.6 is 34.8 Å². The third kappa shape index (κ3) is 6.58. The van der Waals surface area contributed by atoms with Crippen LogP contribution in [0, 0.1) is 17.2 Å². The van der Waals surface area contributed by atoms with Gasteiger partial charge in [-0.2, -0.15) is 5.26 Å². The van der Waals surface area contributed by atoms with Gasteiger partial charge in [0.15, 0.2) is 5.57 Å². The van der Waals surface area contributed by atoms with Crippen LogP contribution in [0.25, 0.3) is 0 Å². The molecule has 0 unspecified atom stereocenters. The molecule has 0 saturated heterocycles. The Morgan fingerprint density at radius 1 is 1.23 bits per heavy atom. The number of allylic oxidation sites excluding steroid dienone is 1. The Morgan fingerprint density at radius 3 is 2.35 bits per heavy atom. The third-order valence-electron chi connectivity index (χ3n) is 3.16. The van der Waals surface area contributed by atoms with E-state index in [4.69, 9.17) is 44.3 Å². The van der Waals surface area contributed by atoms with Crippen molar-refractivity contribution in [3.8, 4) is 6.07 Å². The summed E-state index contributed by atoms with van der Waals surface area (Å²) in [6, 6.07) is 4.91. The van der Waals surface area contributed by atoms with Crippen molar-refractivity contribution in [1.82, 2.24) is 5.43 Å². The van der Waals surface area contributed by atoms with Gasteiger partial charge >= 0.3 is 5.97 Å². The molecule has 0 saturated carbocycles. The number of anilines is 1. The maximum absolute atomic E-state index is 12.2. The number of rotatable bonds is 9. The van der Waals surface area contributed by atoms with E-state index in [2.05, 4.69) is 10.9 Å². The molecule has 0 aliphatic carbocycles. The molecular formula is C17H20Cl3N3O3. The molecule has 26 heavy (non-hydrogen) atoms. The molecule has 6 nitrogen and oxygen atoms in total. The summed E-state index contributed by atoms with van der Waals surface area (Å²) in [5.41, 5.74) is 6.22. The van der Waals surface area contributed by atoms with Crippen molar-refractivity contribution < 1.29 is 14.3 Å². The van der Waals surface area contributed by atoms with Gasteiger partial charge in [0.1, 0.15) is 12.7 Å². The number of nitriles is 1. The average Bonchev–Trinajstić information content (AvgIpc) is 2.56. The summed E-state index contributed by atoms with van der Waals surface area (Å²) in [7, 11) is 0. The number of nitrogens with one attached hydrogen (secondary N) is 2. The van der Waals surface area contributed by atoms with Gasteiger partial charge in [0.05, 0.1) is 28.0 Å². The van der Waals surface area contributed by atoms with Crippen LogP contribution in [-0.4, -0.2) is 25.8 Å². The number of hydrazine groups is 1. The summed E-state index contributed by atoms with van der Waals surface area (Å²) in [6.45, 7) is 6.32. The summed E-state index contributed by atoms with van der Waals surface area (Å²) >= 11 is 18.1. The van der Waals surface area contributed by atoms with Crippen LogP contribution in [0.5, 0.6) is 0 Å². The zero-order chi connectivity index (χ0) is 19.7. The van der Waals surface area contributed by atoms with Gasteiger partial charge < -0.3 is 14.9 Å². The summed E-state index contributed by atoms with van der Waals surface area (Å²) < 4.78 is 10.2. The molecule has 9 heteroatoms. The number of ether oxygens (including phenoxy) is 2. The second kappa shape index (κ2) is 11.1. The van der Waals surface area contributed by atoms with Crippen molar-refractivity contribution in [2.45, 2.75) is 20.8 Å². The second-order valence-corrected chi connectivity index (χ2v) is 6.63. The van der Waals surface area contributed by atoms with Crippen molar-refractivity contribution in [3.05, 3.63) is 38.5 Å². The first-order chi connectivity index (χ1) is 12.3. The molecule has 0 bridgehead atoms. The Balaban J connectivity index is 2.97. The Hall–Kier alpha value is -1.65. The van der Waals surface area contributed by atoms with Crippen molar-refractivity contribution in [3.63, 3.8) is 0 Å². The van der Waals surface area contributed by atoms with Gasteiger partial charge in [-0.25, -0.2) is 4.79 Å². The van der Waals surface area contributed by atoms with Gasteiger partial charge in [-0.3, -0.25) is 5.43 Å². The fourth-order valence-electron chi connectivity index (χ4n) is 1.91. The normalized spacial score (nSPS) is 11.6. The smallest absolute Gasteiger partial charge is 0.350 e. The lowest BCUT2D eigenvalue weighted by Crippen LogP contribution is -2.28. The van der Waals surface area contributed by atoms with E-state index in [1.54, 1.807) is 0 Å². The molecule has 0 aliphatic heterocycles. The standard InChI is InChI=1S/C17H20Cl3N3O3/c1-4-25-5-6-26-17(24)12(9-21)15(10(2)3)22-23-16-13(19)7-11(18)8-14(16)20/h7-8,10,22-23H,4-6H2,1-3H3/b15-12-. The van der Waals surface area contributed by atoms with Crippen molar-refractivity contribution in [2.75, 3.05) is 25.2 Å². The fraction of sp³-hybridized carbons (Fsp3) is 0.412. The zero-order valence-corrected chi connectivity index (χ0v) is 16.9. The van der Waals surface area contributed by atoms with Crippen LogP contribution in [0.15, 0.2) is 23.4 Å². The molecule has 0 amide bonds. The zero-order valence-electron chi connectivity index (χ0n) is 14.7. The van der Waals surface area contributed by atoms with Crippen molar-refractivity contribution >= 4 is 46.5 Å². The number of carbonyl (C=O) groups is 1. The molecule has 0 fully saturated rings. The van der Waals surface area contributed by atoms with Gasteiger partial charge in [-0.05, 0) is 25.0 Å². The molecule has 0 aromatic heterocycles. The minimum absolute atomic E-state index is 0.0610. The van der Waals surface area contributed by atoms with Gasteiger partial charge in [-0.1, -0.05) is 48.7 Å². The highest BCUT2D eigenvalue weighted by atomic mass is 35.5. The number of hydrogen-bond acceptors (Lipinski definition) is 6. The van der Waals surface area contributed by atoms with E-state index in [-0.39, 0.29) is 34.8 Å². The van der Waals surface area contributed by atoms with E-state index in [0.29, 0.717) is 23.0 Å². The lowest BCUT2D eigenvalue weighted by molar-refractivity contribution is -0.140. The molecule has 0 spiro atoms. The highest BCUT2D eigenvalue weighted by molar-refractivity contribution is 6.41. The lowest BCUT2D eigenvalue weighted by Gasteiger charge is -2.19. The first kappa shape index (κ1) is 22.4. The summed E-state index contributed by atoms with van der Waals surface area (Å²) in [6.07, 6.45) is 0. The van der Waals surface area contributed by atoms with E-state index in [1.807, 2.05) is 26.8 Å². The van der Waals surface area contributed by atoms with Crippen LogP contribution in [0.4, 0.5) is 5.69 Å². The van der Waals surface area contributed by atoms with Crippen LogP contribution in [0.1, 0.15) is 20.8 Å². The Kier molecular flexibility index (Phi) is 9.60. The predicted octanol–water partition coefficient (Wildman–Crippen LogP) is 4.58. The van der Waals surface area contributed by atoms with Gasteiger partial charge in [0.25, 0.3) is 0 Å². The maximum Gasteiger partial charge on any atom is 0.350 e. The van der Waals surface area contributed by atoms with Gasteiger partial charge in [0.2, 0.25) is 0 Å². The Labute approximate surface area is 168 Å². The Bertz CT molecular complexity index is 692. The molecule has 0 radical (unpaired) electrons. The first-order valence-electron chi connectivity index (χ1n) is 7.87. The number of nitrogens with zero attached hydrogens (tertiary/aromatic N) is 1. The third-order valence-corrected chi connectivity index (χ3v) is 3.97. The van der Waals surface area contributed by atoms with E-state index in [9.17, 15) is 10.1 Å². The molecule has 2 N–H and O–H groups in total. The van der Waals surface area contributed by atoms with E-state index < -0.39 is 5.97 Å². The molecule has 1 aromatic rings. The summed E-state index contributed by atoms with van der Waals surface area (Å²) in [5.74, 6) is -0.917. The second-order valence-electron chi connectivity index (χ2n) is 5.38. The van der Waals surface area contributed by atoms with Crippen LogP contribution < -0.4 is 10.9 Å². The molecule has 0 heterocycles. The molecule has 1 rings (SSSR count). The van der Waals surface area contributed by atoms with Crippen molar-refractivity contribution in [1.29, 1.82) is 5.26 Å². The van der Waals surface area contributed by atoms with E-state index in [0.717, 1.165) is 0 Å². The van der Waals surface area contributed by atoms with Crippen LogP contribution in [-0.2, 0) is 14.3 Å². The molecular weight excluding hydrogens is 401 g/mol. The first-order valence-corrected chi connectivity index (χ1v) is 9.00. The van der Waals surface area contributed by atoms with Gasteiger partial charge in [0, 0.05) is 11.6 Å². The highest BCUT2D eigenvalue weighted by Crippen LogP contribution is 2.33. The molecule has 1 aromatic carbocycles. The minimum Gasteiger partial charge on any atom is -0.459 e. The molecule has 0 atom stereocenters. The number of carbonyl (C=O) groups excluding carboxylic acids is 1. The SMILES string of the molecule is CCOCCOC(=O)/C(C#N)=C(\NNc1c(Cl)cc(Cl)cc1Cl)C(C)C. The number of esters is 1. The summed E-state index contributed by atoms with van der Waals surface area (Å²) in [4.78, 5) is 12.2. The quantitative estimate of drug-likeness (QED) is 0.200. The van der Waals surface area contributed by atoms with E-state index >= 15 is 0 Å². The topological polar surface area (TPSA) is 83.4 Å². The highest BCUT2D eigenvalue weighted by Gasteiger charge is 2.20. The maximum atomic E-state index is 12.2. The van der Waals surface area contributed by atoms with E-state index in [1.165, 1.54) is 12.1 Å². The number of halogens is 3. The fourth-order valence-corrected chi connectivity index (χ4v) is 2.82.